The molecule has 1 amide bonds. The van der Waals surface area contributed by atoms with Crippen molar-refractivity contribution in [3.8, 4) is 0 Å². The van der Waals surface area contributed by atoms with Gasteiger partial charge in [0.25, 0.3) is 5.69 Å². The van der Waals surface area contributed by atoms with Gasteiger partial charge in [0, 0.05) is 11.0 Å². The molecule has 0 saturated heterocycles. The van der Waals surface area contributed by atoms with E-state index in [9.17, 15) is 14.9 Å². The molecule has 0 atom stereocenters. The van der Waals surface area contributed by atoms with Crippen molar-refractivity contribution >= 4 is 40.6 Å². The average Bonchev–Trinajstić information content (AvgIpc) is 2.49. The van der Waals surface area contributed by atoms with E-state index in [0.717, 1.165) is 16.0 Å². The summed E-state index contributed by atoms with van der Waals surface area (Å²) < 4.78 is 0. The Kier molecular flexibility index (Phi) is 5.63. The molecular formula is C16H15ClN2O3S. The minimum atomic E-state index is -0.497. The number of halogens is 1. The van der Waals surface area contributed by atoms with Gasteiger partial charge in [0.2, 0.25) is 5.91 Å². The molecule has 0 spiro atoms. The number of nitrogens with zero attached hydrogens (tertiary/aromatic N) is 1. The van der Waals surface area contributed by atoms with Crippen molar-refractivity contribution in [3.05, 3.63) is 62.7 Å². The Hall–Kier alpha value is -2.05. The van der Waals surface area contributed by atoms with Crippen LogP contribution in [0.2, 0.25) is 5.02 Å². The molecule has 5 nitrogen and oxygen atoms in total. The number of nitro benzene ring substituents is 1. The van der Waals surface area contributed by atoms with E-state index in [4.69, 9.17) is 11.6 Å². The van der Waals surface area contributed by atoms with E-state index in [0.29, 0.717) is 5.02 Å². The van der Waals surface area contributed by atoms with Gasteiger partial charge < -0.3 is 5.32 Å². The van der Waals surface area contributed by atoms with Crippen molar-refractivity contribution in [2.75, 3.05) is 11.1 Å². The number of aryl methyl sites for hydroxylation is 2. The van der Waals surface area contributed by atoms with E-state index >= 15 is 0 Å². The van der Waals surface area contributed by atoms with Gasteiger partial charge in [0.05, 0.1) is 15.7 Å². The summed E-state index contributed by atoms with van der Waals surface area (Å²) in [5.41, 5.74) is 1.79. The summed E-state index contributed by atoms with van der Waals surface area (Å²) in [6.45, 7) is 3.63. The molecule has 0 aromatic heterocycles. The van der Waals surface area contributed by atoms with Gasteiger partial charge in [-0.05, 0) is 43.2 Å². The fourth-order valence-electron chi connectivity index (χ4n) is 1.94. The molecule has 0 aliphatic rings. The predicted molar refractivity (Wildman–Crippen MR) is 93.4 cm³/mol. The Bertz CT molecular complexity index is 765. The summed E-state index contributed by atoms with van der Waals surface area (Å²) in [7, 11) is 0. The minimum Gasteiger partial charge on any atom is -0.320 e. The van der Waals surface area contributed by atoms with E-state index in [-0.39, 0.29) is 23.0 Å². The standard InChI is InChI=1S/C16H15ClN2O3S/c1-10-7-13(14(19(21)22)8-11(10)2)18-16(20)9-23-15-6-4-3-5-12(15)17/h3-8H,9H2,1-2H3,(H,18,20). The predicted octanol–water partition coefficient (Wildman–Crippen LogP) is 4.60. The molecule has 0 unspecified atom stereocenters. The fourth-order valence-corrected chi connectivity index (χ4v) is 2.98. The molecular weight excluding hydrogens is 336 g/mol. The Balaban J connectivity index is 2.10. The third kappa shape index (κ3) is 4.46. The molecule has 0 heterocycles. The van der Waals surface area contributed by atoms with E-state index in [1.54, 1.807) is 19.1 Å². The van der Waals surface area contributed by atoms with Crippen LogP contribution in [0, 0.1) is 24.0 Å². The first-order valence-electron chi connectivity index (χ1n) is 6.81. The lowest BCUT2D eigenvalue weighted by molar-refractivity contribution is -0.384. The van der Waals surface area contributed by atoms with Crippen LogP contribution in [0.15, 0.2) is 41.3 Å². The number of carbonyl (C=O) groups excluding carboxylic acids is 1. The highest BCUT2D eigenvalue weighted by atomic mass is 35.5. The lowest BCUT2D eigenvalue weighted by Gasteiger charge is -2.09. The monoisotopic (exact) mass is 350 g/mol. The van der Waals surface area contributed by atoms with Gasteiger partial charge >= 0.3 is 0 Å². The first-order chi connectivity index (χ1) is 10.9. The maximum absolute atomic E-state index is 12.1. The first kappa shape index (κ1) is 17.3. The lowest BCUT2D eigenvalue weighted by Crippen LogP contribution is -2.15. The Morgan fingerprint density at radius 3 is 2.57 bits per heavy atom. The number of benzene rings is 2. The molecule has 0 saturated carbocycles. The normalized spacial score (nSPS) is 10.4. The largest absolute Gasteiger partial charge is 0.320 e. The molecule has 7 heteroatoms. The second-order valence-electron chi connectivity index (χ2n) is 4.98. The molecule has 2 aromatic carbocycles. The van der Waals surface area contributed by atoms with Crippen LogP contribution in [0.1, 0.15) is 11.1 Å². The summed E-state index contributed by atoms with van der Waals surface area (Å²) in [6.07, 6.45) is 0. The van der Waals surface area contributed by atoms with Crippen LogP contribution in [0.25, 0.3) is 0 Å². The van der Waals surface area contributed by atoms with Crippen molar-refractivity contribution in [2.24, 2.45) is 0 Å². The molecule has 23 heavy (non-hydrogen) atoms. The van der Waals surface area contributed by atoms with Crippen LogP contribution >= 0.6 is 23.4 Å². The highest BCUT2D eigenvalue weighted by Gasteiger charge is 2.17. The molecule has 1 N–H and O–H groups in total. The number of rotatable bonds is 5. The quantitative estimate of drug-likeness (QED) is 0.486. The third-order valence-electron chi connectivity index (χ3n) is 3.28. The fraction of sp³-hybridized carbons (Fsp3) is 0.188. The number of carbonyl (C=O) groups is 1. The summed E-state index contributed by atoms with van der Waals surface area (Å²) >= 11 is 7.31. The number of nitro groups is 1. The van der Waals surface area contributed by atoms with Gasteiger partial charge in [-0.25, -0.2) is 0 Å². The molecule has 2 rings (SSSR count). The van der Waals surface area contributed by atoms with Gasteiger partial charge in [-0.1, -0.05) is 23.7 Å². The Morgan fingerprint density at radius 1 is 1.26 bits per heavy atom. The summed E-state index contributed by atoms with van der Waals surface area (Å²) in [5.74, 6) is -0.199. The molecule has 2 aromatic rings. The Morgan fingerprint density at radius 2 is 1.91 bits per heavy atom. The number of nitrogens with one attached hydrogen (secondary N) is 1. The number of hydrogen-bond donors (Lipinski definition) is 1. The Labute approximate surface area is 143 Å². The highest BCUT2D eigenvalue weighted by Crippen LogP contribution is 2.29. The third-order valence-corrected chi connectivity index (χ3v) is 4.79. The number of thioether (sulfide) groups is 1. The van der Waals surface area contributed by atoms with Crippen molar-refractivity contribution in [1.82, 2.24) is 0 Å². The van der Waals surface area contributed by atoms with Gasteiger partial charge in [-0.2, -0.15) is 0 Å². The SMILES string of the molecule is Cc1cc(NC(=O)CSc2ccccc2Cl)c([N+](=O)[O-])cc1C. The molecule has 0 fully saturated rings. The number of amides is 1. The van der Waals surface area contributed by atoms with Crippen LogP contribution in [0.4, 0.5) is 11.4 Å². The topological polar surface area (TPSA) is 72.2 Å². The highest BCUT2D eigenvalue weighted by molar-refractivity contribution is 8.00. The lowest BCUT2D eigenvalue weighted by atomic mass is 10.1. The van der Waals surface area contributed by atoms with Crippen molar-refractivity contribution in [3.63, 3.8) is 0 Å². The van der Waals surface area contributed by atoms with Gasteiger partial charge in [-0.3, -0.25) is 14.9 Å². The van der Waals surface area contributed by atoms with Crippen molar-refractivity contribution in [2.45, 2.75) is 18.7 Å². The average molecular weight is 351 g/mol. The van der Waals surface area contributed by atoms with Gasteiger partial charge in [-0.15, -0.1) is 11.8 Å². The maximum atomic E-state index is 12.1. The van der Waals surface area contributed by atoms with Crippen LogP contribution in [0.5, 0.6) is 0 Å². The summed E-state index contributed by atoms with van der Waals surface area (Å²) in [6, 6.07) is 10.3. The molecule has 0 aliphatic carbocycles. The molecule has 0 aliphatic heterocycles. The van der Waals surface area contributed by atoms with Gasteiger partial charge in [0.1, 0.15) is 5.69 Å². The van der Waals surface area contributed by atoms with E-state index in [1.807, 2.05) is 25.1 Å². The second-order valence-corrected chi connectivity index (χ2v) is 6.40. The van der Waals surface area contributed by atoms with E-state index in [2.05, 4.69) is 5.32 Å². The summed E-state index contributed by atoms with van der Waals surface area (Å²) in [5, 5.41) is 14.3. The zero-order chi connectivity index (χ0) is 17.0. The van der Waals surface area contributed by atoms with Crippen LogP contribution in [-0.4, -0.2) is 16.6 Å². The number of anilines is 1. The van der Waals surface area contributed by atoms with Gasteiger partial charge in [0.15, 0.2) is 0 Å². The zero-order valence-electron chi connectivity index (χ0n) is 12.6. The first-order valence-corrected chi connectivity index (χ1v) is 8.17. The van der Waals surface area contributed by atoms with Crippen molar-refractivity contribution < 1.29 is 9.72 Å². The molecule has 0 bridgehead atoms. The van der Waals surface area contributed by atoms with Crippen LogP contribution in [-0.2, 0) is 4.79 Å². The second kappa shape index (κ2) is 7.48. The van der Waals surface area contributed by atoms with E-state index in [1.165, 1.54) is 17.8 Å². The van der Waals surface area contributed by atoms with Crippen LogP contribution < -0.4 is 5.32 Å². The molecule has 120 valence electrons. The van der Waals surface area contributed by atoms with Crippen molar-refractivity contribution in [1.29, 1.82) is 0 Å². The van der Waals surface area contributed by atoms with E-state index < -0.39 is 4.92 Å². The smallest absolute Gasteiger partial charge is 0.293 e. The zero-order valence-corrected chi connectivity index (χ0v) is 14.2. The summed E-state index contributed by atoms with van der Waals surface area (Å²) in [4.78, 5) is 23.5. The number of hydrogen-bond acceptors (Lipinski definition) is 4. The molecule has 0 radical (unpaired) electrons. The minimum absolute atomic E-state index is 0.107. The maximum Gasteiger partial charge on any atom is 0.293 e. The van der Waals surface area contributed by atoms with Crippen LogP contribution in [0.3, 0.4) is 0 Å².